The van der Waals surface area contributed by atoms with Crippen LogP contribution < -0.4 is 5.32 Å². The Morgan fingerprint density at radius 3 is 2.86 bits per heavy atom. The van der Waals surface area contributed by atoms with Gasteiger partial charge in [0, 0.05) is 12.1 Å². The normalized spacial score (nSPS) is 18.7. The van der Waals surface area contributed by atoms with Gasteiger partial charge in [-0.25, -0.2) is 9.97 Å². The van der Waals surface area contributed by atoms with Gasteiger partial charge in [-0.2, -0.15) is 0 Å². The van der Waals surface area contributed by atoms with Gasteiger partial charge in [-0.15, -0.1) is 11.6 Å². The number of rotatable bonds is 3. The maximum absolute atomic E-state index is 5.94. The van der Waals surface area contributed by atoms with Crippen molar-refractivity contribution in [3.63, 3.8) is 0 Å². The van der Waals surface area contributed by atoms with Crippen molar-refractivity contribution >= 4 is 33.3 Å². The molecular weight excluding hydrogens is 265 g/mol. The van der Waals surface area contributed by atoms with Crippen LogP contribution >= 0.6 is 27.5 Å². The Labute approximate surface area is 96.4 Å². The predicted molar refractivity (Wildman–Crippen MR) is 60.7 cm³/mol. The second kappa shape index (κ2) is 4.03. The Morgan fingerprint density at radius 2 is 2.36 bits per heavy atom. The van der Waals surface area contributed by atoms with E-state index in [0.717, 1.165) is 23.1 Å². The largest absolute Gasteiger partial charge is 0.362 e. The third-order valence-electron chi connectivity index (χ3n) is 2.62. The Kier molecular flexibility index (Phi) is 2.93. The lowest BCUT2D eigenvalue weighted by Gasteiger charge is -2.41. The van der Waals surface area contributed by atoms with Gasteiger partial charge >= 0.3 is 0 Å². The van der Waals surface area contributed by atoms with Crippen molar-refractivity contribution in [3.05, 3.63) is 17.0 Å². The van der Waals surface area contributed by atoms with E-state index in [0.29, 0.717) is 5.88 Å². The Bertz CT molecular complexity index is 322. The van der Waals surface area contributed by atoms with E-state index >= 15 is 0 Å². The van der Waals surface area contributed by atoms with Crippen molar-refractivity contribution < 1.29 is 0 Å². The van der Waals surface area contributed by atoms with E-state index in [9.17, 15) is 0 Å². The lowest BCUT2D eigenvalue weighted by molar-refractivity contribution is 0.310. The average molecular weight is 277 g/mol. The molecule has 0 unspecified atom stereocenters. The third-order valence-corrected chi connectivity index (χ3v) is 3.71. The first-order valence-electron chi connectivity index (χ1n) is 4.55. The van der Waals surface area contributed by atoms with Crippen LogP contribution in [0.4, 0.5) is 5.82 Å². The van der Waals surface area contributed by atoms with E-state index in [1.807, 2.05) is 0 Å². The molecule has 0 amide bonds. The van der Waals surface area contributed by atoms with Gasteiger partial charge in [-0.3, -0.25) is 0 Å². The lowest BCUT2D eigenvalue weighted by Crippen LogP contribution is -2.47. The van der Waals surface area contributed by atoms with Crippen LogP contribution in [-0.4, -0.2) is 21.4 Å². The smallest absolute Gasteiger partial charge is 0.144 e. The summed E-state index contributed by atoms with van der Waals surface area (Å²) in [6.45, 7) is 0. The van der Waals surface area contributed by atoms with Crippen molar-refractivity contribution in [3.8, 4) is 0 Å². The van der Waals surface area contributed by atoms with Gasteiger partial charge in [0.2, 0.25) is 0 Å². The number of hydrogen-bond acceptors (Lipinski definition) is 3. The summed E-state index contributed by atoms with van der Waals surface area (Å²) in [6, 6.07) is 0. The molecule has 1 fully saturated rings. The first-order chi connectivity index (χ1) is 6.76. The minimum Gasteiger partial charge on any atom is -0.362 e. The highest BCUT2D eigenvalue weighted by molar-refractivity contribution is 9.10. The molecule has 1 heterocycles. The number of aromatic nitrogens is 2. The maximum Gasteiger partial charge on any atom is 0.144 e. The number of nitrogens with one attached hydrogen (secondary N) is 1. The molecule has 0 saturated heterocycles. The number of alkyl halides is 1. The topological polar surface area (TPSA) is 37.8 Å². The van der Waals surface area contributed by atoms with Gasteiger partial charge in [0.15, 0.2) is 0 Å². The fourth-order valence-electron chi connectivity index (χ4n) is 1.55. The maximum atomic E-state index is 5.94. The van der Waals surface area contributed by atoms with Crippen molar-refractivity contribution in [1.82, 2.24) is 9.97 Å². The molecule has 1 aromatic heterocycles. The molecule has 3 nitrogen and oxygen atoms in total. The molecular formula is C9H11BrClN3. The summed E-state index contributed by atoms with van der Waals surface area (Å²) < 4.78 is 0.886. The molecule has 1 aliphatic carbocycles. The van der Waals surface area contributed by atoms with Gasteiger partial charge in [0.05, 0.1) is 10.0 Å². The number of anilines is 1. The van der Waals surface area contributed by atoms with Crippen molar-refractivity contribution in [2.45, 2.75) is 24.8 Å². The summed E-state index contributed by atoms with van der Waals surface area (Å²) in [7, 11) is 0. The molecule has 1 saturated carbocycles. The van der Waals surface area contributed by atoms with E-state index in [-0.39, 0.29) is 5.54 Å². The Hall–Kier alpha value is -0.350. The molecule has 1 N–H and O–H groups in total. The van der Waals surface area contributed by atoms with Crippen molar-refractivity contribution in [2.75, 3.05) is 11.2 Å². The van der Waals surface area contributed by atoms with Crippen LogP contribution in [0, 0.1) is 0 Å². The summed E-state index contributed by atoms with van der Waals surface area (Å²) in [5.41, 5.74) is 0.0540. The van der Waals surface area contributed by atoms with E-state index < -0.39 is 0 Å². The summed E-state index contributed by atoms with van der Waals surface area (Å²) >= 11 is 9.34. The molecule has 0 radical (unpaired) electrons. The van der Waals surface area contributed by atoms with Crippen molar-refractivity contribution in [1.29, 1.82) is 0 Å². The first kappa shape index (κ1) is 10.2. The molecule has 2 rings (SSSR count). The first-order valence-corrected chi connectivity index (χ1v) is 5.88. The van der Waals surface area contributed by atoms with E-state index in [1.54, 1.807) is 6.20 Å². The van der Waals surface area contributed by atoms with Crippen LogP contribution in [0.1, 0.15) is 19.3 Å². The molecule has 0 aliphatic heterocycles. The highest BCUT2D eigenvalue weighted by atomic mass is 79.9. The monoisotopic (exact) mass is 275 g/mol. The summed E-state index contributed by atoms with van der Waals surface area (Å²) in [4.78, 5) is 8.08. The van der Waals surface area contributed by atoms with Crippen LogP contribution in [-0.2, 0) is 0 Å². The summed E-state index contributed by atoms with van der Waals surface area (Å²) in [5.74, 6) is 1.46. The van der Waals surface area contributed by atoms with Crippen LogP contribution in [0.25, 0.3) is 0 Å². The lowest BCUT2D eigenvalue weighted by atomic mass is 9.78. The molecule has 1 aromatic rings. The second-order valence-corrected chi connectivity index (χ2v) is 4.73. The van der Waals surface area contributed by atoms with Gasteiger partial charge < -0.3 is 5.32 Å². The van der Waals surface area contributed by atoms with E-state index in [2.05, 4.69) is 31.2 Å². The zero-order valence-corrected chi connectivity index (χ0v) is 9.98. The van der Waals surface area contributed by atoms with Crippen LogP contribution in [0.3, 0.4) is 0 Å². The Balaban J connectivity index is 2.13. The van der Waals surface area contributed by atoms with Gasteiger partial charge in [0.1, 0.15) is 12.1 Å². The van der Waals surface area contributed by atoms with Crippen LogP contribution in [0.5, 0.6) is 0 Å². The Morgan fingerprint density at radius 1 is 1.57 bits per heavy atom. The molecule has 0 bridgehead atoms. The highest BCUT2D eigenvalue weighted by Crippen LogP contribution is 2.37. The zero-order valence-electron chi connectivity index (χ0n) is 7.63. The average Bonchev–Trinajstić information content (AvgIpc) is 2.14. The van der Waals surface area contributed by atoms with Crippen LogP contribution in [0.2, 0.25) is 0 Å². The highest BCUT2D eigenvalue weighted by Gasteiger charge is 2.36. The third kappa shape index (κ3) is 1.86. The van der Waals surface area contributed by atoms with Gasteiger partial charge in [0.25, 0.3) is 0 Å². The number of halogens is 2. The zero-order chi connectivity index (χ0) is 10.0. The fourth-order valence-corrected chi connectivity index (χ4v) is 2.21. The SMILES string of the molecule is ClCC1(Nc2ncncc2Br)CCC1. The summed E-state index contributed by atoms with van der Waals surface area (Å²) in [5, 5.41) is 3.38. The minimum absolute atomic E-state index is 0.0540. The van der Waals surface area contributed by atoms with E-state index in [4.69, 9.17) is 11.6 Å². The van der Waals surface area contributed by atoms with Gasteiger partial charge in [-0.05, 0) is 35.2 Å². The fraction of sp³-hybridized carbons (Fsp3) is 0.556. The molecule has 0 atom stereocenters. The molecule has 76 valence electrons. The molecule has 0 aromatic carbocycles. The summed E-state index contributed by atoms with van der Waals surface area (Å²) in [6.07, 6.45) is 6.74. The van der Waals surface area contributed by atoms with Gasteiger partial charge in [-0.1, -0.05) is 0 Å². The quantitative estimate of drug-likeness (QED) is 0.863. The number of hydrogen-bond donors (Lipinski definition) is 1. The minimum atomic E-state index is 0.0540. The predicted octanol–water partition coefficient (Wildman–Crippen LogP) is 2.81. The number of nitrogens with zero attached hydrogens (tertiary/aromatic N) is 2. The molecule has 14 heavy (non-hydrogen) atoms. The standard InChI is InChI=1S/C9H11BrClN3/c10-7-4-12-6-13-8(7)14-9(5-11)2-1-3-9/h4,6H,1-3,5H2,(H,12,13,14). The second-order valence-electron chi connectivity index (χ2n) is 3.61. The molecule has 5 heteroatoms. The van der Waals surface area contributed by atoms with Crippen LogP contribution in [0.15, 0.2) is 17.0 Å². The molecule has 1 aliphatic rings. The van der Waals surface area contributed by atoms with E-state index in [1.165, 1.54) is 12.7 Å². The molecule has 0 spiro atoms. The van der Waals surface area contributed by atoms with Crippen molar-refractivity contribution in [2.24, 2.45) is 0 Å².